The molecule has 4 heteroatoms. The monoisotopic (exact) mass is 275 g/mol. The molecule has 0 saturated heterocycles. The molecule has 1 aliphatic heterocycles. The Morgan fingerprint density at radius 1 is 1.40 bits per heavy atom. The number of carboxylic acid groups (broad SMARTS) is 1. The van der Waals surface area contributed by atoms with Gasteiger partial charge in [-0.15, -0.1) is 0 Å². The van der Waals surface area contributed by atoms with Crippen molar-refractivity contribution in [2.45, 2.75) is 45.4 Å². The van der Waals surface area contributed by atoms with E-state index in [2.05, 4.69) is 32.2 Å². The summed E-state index contributed by atoms with van der Waals surface area (Å²) in [5.74, 6) is -1.16. The maximum Gasteiger partial charge on any atom is 0.303 e. The predicted molar refractivity (Wildman–Crippen MR) is 77.8 cm³/mol. The Labute approximate surface area is 119 Å². The molecule has 1 aromatic rings. The number of rotatable bonds is 3. The van der Waals surface area contributed by atoms with Gasteiger partial charge in [0.2, 0.25) is 5.91 Å². The molecular weight excluding hydrogens is 254 g/mol. The van der Waals surface area contributed by atoms with Crippen molar-refractivity contribution in [2.75, 3.05) is 5.32 Å². The summed E-state index contributed by atoms with van der Waals surface area (Å²) in [7, 11) is 0. The molecule has 0 radical (unpaired) electrons. The van der Waals surface area contributed by atoms with Crippen LogP contribution >= 0.6 is 0 Å². The number of benzene rings is 1. The van der Waals surface area contributed by atoms with Gasteiger partial charge in [-0.05, 0) is 35.4 Å². The fourth-order valence-corrected chi connectivity index (χ4v) is 2.47. The largest absolute Gasteiger partial charge is 0.481 e. The predicted octanol–water partition coefficient (Wildman–Crippen LogP) is 2.96. The fraction of sp³-hybridized carbons (Fsp3) is 0.500. The standard InChI is InChI=1S/C16H21NO3/c1-16(2,3)12-5-6-13-11(9-12)8-10(15(20)17-13)4-7-14(18)19/h5-6,9-10H,4,7-8H2,1-3H3,(H,17,20)(H,18,19). The van der Waals surface area contributed by atoms with Gasteiger partial charge in [-0.3, -0.25) is 9.59 Å². The van der Waals surface area contributed by atoms with E-state index in [0.29, 0.717) is 12.8 Å². The minimum absolute atomic E-state index is 0.0341. The van der Waals surface area contributed by atoms with Gasteiger partial charge in [0.05, 0.1) is 0 Å². The van der Waals surface area contributed by atoms with E-state index in [0.717, 1.165) is 11.3 Å². The molecule has 20 heavy (non-hydrogen) atoms. The summed E-state index contributed by atoms with van der Waals surface area (Å²) < 4.78 is 0. The van der Waals surface area contributed by atoms with Crippen molar-refractivity contribution in [1.29, 1.82) is 0 Å². The number of carboxylic acids is 1. The quantitative estimate of drug-likeness (QED) is 0.891. The van der Waals surface area contributed by atoms with Crippen molar-refractivity contribution >= 4 is 17.6 Å². The lowest BCUT2D eigenvalue weighted by atomic mass is 9.82. The van der Waals surface area contributed by atoms with Crippen molar-refractivity contribution in [1.82, 2.24) is 0 Å². The van der Waals surface area contributed by atoms with Crippen molar-refractivity contribution in [3.63, 3.8) is 0 Å². The lowest BCUT2D eigenvalue weighted by Crippen LogP contribution is -2.30. The molecule has 108 valence electrons. The molecule has 1 amide bonds. The molecule has 1 heterocycles. The Morgan fingerprint density at radius 2 is 2.10 bits per heavy atom. The average molecular weight is 275 g/mol. The second-order valence-corrected chi connectivity index (χ2v) is 6.44. The normalized spacial score (nSPS) is 18.4. The zero-order chi connectivity index (χ0) is 14.9. The summed E-state index contributed by atoms with van der Waals surface area (Å²) in [6.07, 6.45) is 1.05. The van der Waals surface area contributed by atoms with E-state index in [1.807, 2.05) is 12.1 Å². The molecule has 0 bridgehead atoms. The lowest BCUT2D eigenvalue weighted by molar-refractivity contribution is -0.137. The Hall–Kier alpha value is -1.84. The highest BCUT2D eigenvalue weighted by Gasteiger charge is 2.27. The van der Waals surface area contributed by atoms with Crippen molar-refractivity contribution in [2.24, 2.45) is 5.92 Å². The van der Waals surface area contributed by atoms with Crippen molar-refractivity contribution in [3.05, 3.63) is 29.3 Å². The van der Waals surface area contributed by atoms with Crippen molar-refractivity contribution < 1.29 is 14.7 Å². The third-order valence-electron chi connectivity index (χ3n) is 3.77. The van der Waals surface area contributed by atoms with Crippen LogP contribution in [0.3, 0.4) is 0 Å². The van der Waals surface area contributed by atoms with Gasteiger partial charge in [-0.25, -0.2) is 0 Å². The van der Waals surface area contributed by atoms with Gasteiger partial charge in [0.1, 0.15) is 0 Å². The van der Waals surface area contributed by atoms with Crippen LogP contribution in [0.15, 0.2) is 18.2 Å². The highest BCUT2D eigenvalue weighted by Crippen LogP contribution is 2.32. The Kier molecular flexibility index (Phi) is 3.84. The van der Waals surface area contributed by atoms with Gasteiger partial charge in [-0.1, -0.05) is 32.9 Å². The Bertz CT molecular complexity index is 543. The molecule has 1 aliphatic rings. The Morgan fingerprint density at radius 3 is 2.70 bits per heavy atom. The van der Waals surface area contributed by atoms with Crippen LogP contribution in [-0.2, 0) is 21.4 Å². The summed E-state index contributed by atoms with van der Waals surface area (Å²) >= 11 is 0. The first-order chi connectivity index (χ1) is 9.27. The molecule has 0 aliphatic carbocycles. The second kappa shape index (κ2) is 5.27. The lowest BCUT2D eigenvalue weighted by Gasteiger charge is -2.27. The first kappa shape index (κ1) is 14.6. The maximum atomic E-state index is 11.9. The topological polar surface area (TPSA) is 66.4 Å². The Balaban J connectivity index is 2.21. The number of carbonyl (C=O) groups excluding carboxylic acids is 1. The first-order valence-electron chi connectivity index (χ1n) is 6.93. The summed E-state index contributed by atoms with van der Waals surface area (Å²) in [6, 6.07) is 6.11. The van der Waals surface area contributed by atoms with E-state index in [4.69, 9.17) is 5.11 Å². The maximum absolute atomic E-state index is 11.9. The van der Waals surface area contributed by atoms with Crippen LogP contribution in [0.2, 0.25) is 0 Å². The van der Waals surface area contributed by atoms with E-state index in [1.54, 1.807) is 0 Å². The van der Waals surface area contributed by atoms with E-state index >= 15 is 0 Å². The molecule has 1 atom stereocenters. The minimum atomic E-state index is -0.855. The van der Waals surface area contributed by atoms with Crippen LogP contribution in [0, 0.1) is 5.92 Å². The van der Waals surface area contributed by atoms with Crippen LogP contribution in [0.4, 0.5) is 5.69 Å². The molecule has 2 N–H and O–H groups in total. The van der Waals surface area contributed by atoms with Crippen LogP contribution in [0.25, 0.3) is 0 Å². The van der Waals surface area contributed by atoms with Crippen molar-refractivity contribution in [3.8, 4) is 0 Å². The molecular formula is C16H21NO3. The van der Waals surface area contributed by atoms with Crippen LogP contribution in [0.5, 0.6) is 0 Å². The van der Waals surface area contributed by atoms with Gasteiger partial charge in [0, 0.05) is 18.0 Å². The summed E-state index contributed by atoms with van der Waals surface area (Å²) in [6.45, 7) is 6.45. The smallest absolute Gasteiger partial charge is 0.303 e. The number of carbonyl (C=O) groups is 2. The average Bonchev–Trinajstić information content (AvgIpc) is 2.34. The summed E-state index contributed by atoms with van der Waals surface area (Å²) in [5, 5.41) is 11.6. The zero-order valence-electron chi connectivity index (χ0n) is 12.2. The number of nitrogens with one attached hydrogen (secondary N) is 1. The number of aliphatic carboxylic acids is 1. The van der Waals surface area contributed by atoms with Crippen LogP contribution < -0.4 is 5.32 Å². The number of hydrogen-bond acceptors (Lipinski definition) is 2. The molecule has 0 saturated carbocycles. The van der Waals surface area contributed by atoms with E-state index in [-0.39, 0.29) is 23.7 Å². The minimum Gasteiger partial charge on any atom is -0.481 e. The highest BCUT2D eigenvalue weighted by molar-refractivity contribution is 5.96. The third kappa shape index (κ3) is 3.18. The van der Waals surface area contributed by atoms with Gasteiger partial charge in [0.15, 0.2) is 0 Å². The van der Waals surface area contributed by atoms with E-state index < -0.39 is 5.97 Å². The molecule has 1 unspecified atom stereocenters. The number of amides is 1. The first-order valence-corrected chi connectivity index (χ1v) is 6.93. The van der Waals surface area contributed by atoms with Gasteiger partial charge < -0.3 is 10.4 Å². The molecule has 4 nitrogen and oxygen atoms in total. The number of anilines is 1. The molecule has 1 aromatic carbocycles. The summed E-state index contributed by atoms with van der Waals surface area (Å²) in [4.78, 5) is 22.6. The molecule has 2 rings (SSSR count). The molecule has 0 aromatic heterocycles. The van der Waals surface area contributed by atoms with Gasteiger partial charge in [0.25, 0.3) is 0 Å². The summed E-state index contributed by atoms with van der Waals surface area (Å²) in [5.41, 5.74) is 3.25. The second-order valence-electron chi connectivity index (χ2n) is 6.44. The van der Waals surface area contributed by atoms with E-state index in [1.165, 1.54) is 5.56 Å². The molecule has 0 spiro atoms. The fourth-order valence-electron chi connectivity index (χ4n) is 2.47. The van der Waals surface area contributed by atoms with Crippen LogP contribution in [-0.4, -0.2) is 17.0 Å². The molecule has 0 fully saturated rings. The van der Waals surface area contributed by atoms with Crippen LogP contribution in [0.1, 0.15) is 44.7 Å². The number of fused-ring (bicyclic) bond motifs is 1. The third-order valence-corrected chi connectivity index (χ3v) is 3.77. The van der Waals surface area contributed by atoms with Gasteiger partial charge >= 0.3 is 5.97 Å². The van der Waals surface area contributed by atoms with Gasteiger partial charge in [-0.2, -0.15) is 0 Å². The number of hydrogen-bond donors (Lipinski definition) is 2. The SMILES string of the molecule is CC(C)(C)c1ccc2c(c1)CC(CCC(=O)O)C(=O)N2. The highest BCUT2D eigenvalue weighted by atomic mass is 16.4. The van der Waals surface area contributed by atoms with E-state index in [9.17, 15) is 9.59 Å². The zero-order valence-corrected chi connectivity index (χ0v) is 12.2.